The number of ether oxygens (including phenoxy) is 1. The minimum Gasteiger partial charge on any atom is -0.360 e. The average Bonchev–Trinajstić information content (AvgIpc) is 2.55. The van der Waals surface area contributed by atoms with Crippen LogP contribution in [-0.4, -0.2) is 24.5 Å². The van der Waals surface area contributed by atoms with Crippen LogP contribution in [0.25, 0.3) is 0 Å². The van der Waals surface area contributed by atoms with E-state index in [1.165, 1.54) is 0 Å². The molecule has 1 aromatic rings. The molecule has 1 heterocycles. The summed E-state index contributed by atoms with van der Waals surface area (Å²) < 4.78 is 7.21. The standard InChI is InChI=1S/C11H18ClN3OSi/c1-17(2,3)7-6-16-9-15-11(4-5-13)10(12)8-14-15/h8H,4,6-7,9H2,1-3H3. The highest BCUT2D eigenvalue weighted by atomic mass is 35.5. The summed E-state index contributed by atoms with van der Waals surface area (Å²) in [4.78, 5) is 0. The molecule has 0 aliphatic carbocycles. The second-order valence-corrected chi connectivity index (χ2v) is 11.2. The number of hydrogen-bond acceptors (Lipinski definition) is 3. The summed E-state index contributed by atoms with van der Waals surface area (Å²) in [6, 6.07) is 3.19. The normalized spacial score (nSPS) is 11.5. The molecule has 0 spiro atoms. The van der Waals surface area contributed by atoms with Gasteiger partial charge in [-0.25, -0.2) is 4.68 Å². The fraction of sp³-hybridized carbons (Fsp3) is 0.636. The first-order valence-electron chi connectivity index (χ1n) is 5.59. The van der Waals surface area contributed by atoms with Crippen molar-refractivity contribution in [1.82, 2.24) is 9.78 Å². The van der Waals surface area contributed by atoms with Gasteiger partial charge >= 0.3 is 0 Å². The van der Waals surface area contributed by atoms with Crippen molar-refractivity contribution in [3.63, 3.8) is 0 Å². The van der Waals surface area contributed by atoms with Gasteiger partial charge in [-0.15, -0.1) is 0 Å². The Kier molecular flexibility index (Phi) is 5.19. The van der Waals surface area contributed by atoms with Crippen molar-refractivity contribution < 1.29 is 4.74 Å². The molecule has 0 saturated carbocycles. The van der Waals surface area contributed by atoms with Gasteiger partial charge in [0.2, 0.25) is 0 Å². The van der Waals surface area contributed by atoms with Crippen LogP contribution in [0.15, 0.2) is 6.20 Å². The maximum Gasteiger partial charge on any atom is 0.139 e. The molecule has 1 rings (SSSR count). The van der Waals surface area contributed by atoms with Crippen molar-refractivity contribution in [1.29, 1.82) is 5.26 Å². The predicted molar refractivity (Wildman–Crippen MR) is 70.7 cm³/mol. The van der Waals surface area contributed by atoms with Crippen molar-refractivity contribution in [2.24, 2.45) is 0 Å². The Morgan fingerprint density at radius 1 is 1.53 bits per heavy atom. The van der Waals surface area contributed by atoms with Gasteiger partial charge in [0, 0.05) is 14.7 Å². The molecule has 0 fully saturated rings. The van der Waals surface area contributed by atoms with Crippen LogP contribution in [0.1, 0.15) is 5.69 Å². The van der Waals surface area contributed by atoms with Gasteiger partial charge in [0.15, 0.2) is 0 Å². The number of aromatic nitrogens is 2. The molecule has 94 valence electrons. The molecule has 0 saturated heterocycles. The fourth-order valence-corrected chi connectivity index (χ4v) is 2.24. The Hall–Kier alpha value is -0.833. The Morgan fingerprint density at radius 3 is 2.82 bits per heavy atom. The number of hydrogen-bond donors (Lipinski definition) is 0. The van der Waals surface area contributed by atoms with Crippen molar-refractivity contribution >= 4 is 19.7 Å². The van der Waals surface area contributed by atoms with E-state index in [2.05, 4.69) is 30.8 Å². The molecule has 0 atom stereocenters. The summed E-state index contributed by atoms with van der Waals surface area (Å²) in [5.41, 5.74) is 0.724. The van der Waals surface area contributed by atoms with Gasteiger partial charge in [0.1, 0.15) is 6.73 Å². The summed E-state index contributed by atoms with van der Waals surface area (Å²) in [6.45, 7) is 8.03. The lowest BCUT2D eigenvalue weighted by Crippen LogP contribution is -2.22. The van der Waals surface area contributed by atoms with Crippen molar-refractivity contribution in [2.75, 3.05) is 6.61 Å². The quantitative estimate of drug-likeness (QED) is 0.590. The number of rotatable bonds is 6. The van der Waals surface area contributed by atoms with Gasteiger partial charge in [-0.2, -0.15) is 10.4 Å². The highest BCUT2D eigenvalue weighted by Crippen LogP contribution is 2.15. The third-order valence-electron chi connectivity index (χ3n) is 2.35. The monoisotopic (exact) mass is 271 g/mol. The van der Waals surface area contributed by atoms with Crippen LogP contribution in [0.4, 0.5) is 0 Å². The lowest BCUT2D eigenvalue weighted by atomic mass is 10.3. The summed E-state index contributed by atoms with van der Waals surface area (Å²) in [5, 5.41) is 13.3. The topological polar surface area (TPSA) is 50.8 Å². The van der Waals surface area contributed by atoms with E-state index in [9.17, 15) is 0 Å². The zero-order valence-electron chi connectivity index (χ0n) is 10.5. The van der Waals surface area contributed by atoms with Gasteiger partial charge in [0.25, 0.3) is 0 Å². The molecule has 17 heavy (non-hydrogen) atoms. The first kappa shape index (κ1) is 14.2. The van der Waals surface area contributed by atoms with Crippen LogP contribution in [0.5, 0.6) is 0 Å². The van der Waals surface area contributed by atoms with Crippen molar-refractivity contribution in [2.45, 2.75) is 38.8 Å². The van der Waals surface area contributed by atoms with Crippen LogP contribution < -0.4 is 0 Å². The molecule has 0 bridgehead atoms. The molecular formula is C11H18ClN3OSi. The number of nitriles is 1. The number of nitrogens with zero attached hydrogens (tertiary/aromatic N) is 3. The first-order chi connectivity index (χ1) is 7.94. The van der Waals surface area contributed by atoms with E-state index in [0.717, 1.165) is 18.3 Å². The second-order valence-electron chi connectivity index (χ2n) is 5.12. The zero-order chi connectivity index (χ0) is 12.9. The van der Waals surface area contributed by atoms with Gasteiger partial charge < -0.3 is 4.74 Å². The Balaban J connectivity index is 2.45. The first-order valence-corrected chi connectivity index (χ1v) is 9.67. The molecule has 0 unspecified atom stereocenters. The van der Waals surface area contributed by atoms with Gasteiger partial charge in [0.05, 0.1) is 29.4 Å². The summed E-state index contributed by atoms with van der Waals surface area (Å²) in [5.74, 6) is 0. The molecule has 0 aliphatic heterocycles. The third-order valence-corrected chi connectivity index (χ3v) is 4.37. The molecule has 4 nitrogen and oxygen atoms in total. The molecule has 0 radical (unpaired) electrons. The van der Waals surface area contributed by atoms with E-state index in [-0.39, 0.29) is 6.42 Å². The Bertz CT molecular complexity index is 406. The average molecular weight is 272 g/mol. The van der Waals surface area contributed by atoms with Crippen LogP contribution in [-0.2, 0) is 17.9 Å². The maximum absolute atomic E-state index is 8.68. The zero-order valence-corrected chi connectivity index (χ0v) is 12.3. The third kappa shape index (κ3) is 4.90. The predicted octanol–water partition coefficient (Wildman–Crippen LogP) is 2.91. The summed E-state index contributed by atoms with van der Waals surface area (Å²) >= 11 is 5.93. The second kappa shape index (κ2) is 6.19. The highest BCUT2D eigenvalue weighted by Gasteiger charge is 2.13. The Morgan fingerprint density at radius 2 is 2.24 bits per heavy atom. The van der Waals surface area contributed by atoms with Crippen LogP contribution >= 0.6 is 11.6 Å². The van der Waals surface area contributed by atoms with E-state index >= 15 is 0 Å². The van der Waals surface area contributed by atoms with E-state index < -0.39 is 8.07 Å². The van der Waals surface area contributed by atoms with Crippen LogP contribution in [0.2, 0.25) is 30.7 Å². The molecule has 0 aromatic carbocycles. The van der Waals surface area contributed by atoms with Gasteiger partial charge in [-0.3, -0.25) is 0 Å². The summed E-state index contributed by atoms with van der Waals surface area (Å²) in [6.07, 6.45) is 1.81. The molecule has 0 amide bonds. The SMILES string of the molecule is C[Si](C)(C)CCOCn1ncc(Cl)c1CC#N. The minimum absolute atomic E-state index is 0.260. The van der Waals surface area contributed by atoms with E-state index in [4.69, 9.17) is 21.6 Å². The van der Waals surface area contributed by atoms with Crippen molar-refractivity contribution in [3.05, 3.63) is 16.9 Å². The minimum atomic E-state index is -1.05. The largest absolute Gasteiger partial charge is 0.360 e. The molecule has 0 aliphatic rings. The van der Waals surface area contributed by atoms with Gasteiger partial charge in [-0.1, -0.05) is 31.2 Å². The molecule has 0 N–H and O–H groups in total. The number of halogens is 1. The Labute approximate surface area is 108 Å². The van der Waals surface area contributed by atoms with Crippen LogP contribution in [0.3, 0.4) is 0 Å². The molecular weight excluding hydrogens is 254 g/mol. The van der Waals surface area contributed by atoms with Crippen LogP contribution in [0, 0.1) is 11.3 Å². The highest BCUT2D eigenvalue weighted by molar-refractivity contribution is 6.76. The smallest absolute Gasteiger partial charge is 0.139 e. The maximum atomic E-state index is 8.68. The lowest BCUT2D eigenvalue weighted by molar-refractivity contribution is 0.0768. The van der Waals surface area contributed by atoms with E-state index in [1.807, 2.05) is 0 Å². The van der Waals surface area contributed by atoms with Gasteiger partial charge in [-0.05, 0) is 6.04 Å². The lowest BCUT2D eigenvalue weighted by Gasteiger charge is -2.15. The summed E-state index contributed by atoms with van der Waals surface area (Å²) in [7, 11) is -1.05. The van der Waals surface area contributed by atoms with E-state index in [0.29, 0.717) is 11.8 Å². The molecule has 6 heteroatoms. The fourth-order valence-electron chi connectivity index (χ4n) is 1.28. The van der Waals surface area contributed by atoms with E-state index in [1.54, 1.807) is 10.9 Å². The molecule has 1 aromatic heterocycles. The van der Waals surface area contributed by atoms with Crippen molar-refractivity contribution in [3.8, 4) is 6.07 Å².